The van der Waals surface area contributed by atoms with Gasteiger partial charge in [0.15, 0.2) is 0 Å². The summed E-state index contributed by atoms with van der Waals surface area (Å²) < 4.78 is 11.4. The van der Waals surface area contributed by atoms with Gasteiger partial charge in [-0.3, -0.25) is 9.69 Å². The van der Waals surface area contributed by atoms with Crippen LogP contribution in [0.25, 0.3) is 0 Å². The molecule has 130 valence electrons. The second-order valence-electron chi connectivity index (χ2n) is 7.74. The van der Waals surface area contributed by atoms with Crippen molar-refractivity contribution in [2.45, 2.75) is 63.1 Å². The molecule has 23 heavy (non-hydrogen) atoms. The van der Waals surface area contributed by atoms with E-state index in [1.165, 1.54) is 25.7 Å². The zero-order valence-corrected chi connectivity index (χ0v) is 14.1. The van der Waals surface area contributed by atoms with Crippen LogP contribution in [0.5, 0.6) is 0 Å². The molecule has 0 bridgehead atoms. The standard InChI is InChI=1S/C18H30N2O3/c21-18(20-8-10-23-17-4-2-1-3-16(17)20)12-19(15-5-6-15)11-14-7-9-22-13-14/h14-17H,1-13H2/t14-,16-,17-/m0/s1. The first-order chi connectivity index (χ1) is 11.3. The molecular weight excluding hydrogens is 292 g/mol. The van der Waals surface area contributed by atoms with Crippen LogP contribution in [0.3, 0.4) is 0 Å². The molecule has 2 saturated carbocycles. The van der Waals surface area contributed by atoms with E-state index in [1.54, 1.807) is 0 Å². The minimum Gasteiger partial charge on any atom is -0.381 e. The highest BCUT2D eigenvalue weighted by atomic mass is 16.5. The second kappa shape index (κ2) is 7.08. The molecule has 0 aromatic heterocycles. The molecule has 0 N–H and O–H groups in total. The van der Waals surface area contributed by atoms with Gasteiger partial charge in [-0.15, -0.1) is 0 Å². The third kappa shape index (κ3) is 3.72. The number of ether oxygens (including phenoxy) is 2. The molecule has 3 atom stereocenters. The van der Waals surface area contributed by atoms with Gasteiger partial charge in [-0.05, 0) is 38.0 Å². The predicted molar refractivity (Wildman–Crippen MR) is 87.2 cm³/mol. The molecule has 0 radical (unpaired) electrons. The van der Waals surface area contributed by atoms with Crippen molar-refractivity contribution in [3.63, 3.8) is 0 Å². The lowest BCUT2D eigenvalue weighted by Gasteiger charge is -2.44. The molecule has 4 aliphatic rings. The molecule has 0 unspecified atom stereocenters. The monoisotopic (exact) mass is 322 g/mol. The number of carbonyl (C=O) groups excluding carboxylic acids is 1. The minimum absolute atomic E-state index is 0.291. The first-order valence-corrected chi connectivity index (χ1v) is 9.54. The third-order valence-corrected chi connectivity index (χ3v) is 5.97. The van der Waals surface area contributed by atoms with Crippen molar-refractivity contribution in [1.29, 1.82) is 0 Å². The quantitative estimate of drug-likeness (QED) is 0.772. The SMILES string of the molecule is O=C(CN(C[C@@H]1CCOC1)C1CC1)N1CCO[C@H]2CCCC[C@@H]21. The van der Waals surface area contributed by atoms with Gasteiger partial charge in [-0.25, -0.2) is 0 Å². The van der Waals surface area contributed by atoms with Gasteiger partial charge in [-0.2, -0.15) is 0 Å². The lowest BCUT2D eigenvalue weighted by atomic mass is 9.90. The molecule has 0 aromatic rings. The van der Waals surface area contributed by atoms with E-state index in [9.17, 15) is 4.79 Å². The Hall–Kier alpha value is -0.650. The van der Waals surface area contributed by atoms with Crippen LogP contribution in [0.1, 0.15) is 44.9 Å². The maximum atomic E-state index is 13.0. The van der Waals surface area contributed by atoms with Gasteiger partial charge in [0, 0.05) is 25.7 Å². The van der Waals surface area contributed by atoms with E-state index >= 15 is 0 Å². The summed E-state index contributed by atoms with van der Waals surface area (Å²) in [6.07, 6.45) is 8.69. The molecule has 2 aliphatic heterocycles. The van der Waals surface area contributed by atoms with Gasteiger partial charge >= 0.3 is 0 Å². The van der Waals surface area contributed by atoms with Gasteiger partial charge < -0.3 is 14.4 Å². The van der Waals surface area contributed by atoms with Gasteiger partial charge in [0.2, 0.25) is 5.91 Å². The molecule has 2 saturated heterocycles. The van der Waals surface area contributed by atoms with Crippen LogP contribution in [0.2, 0.25) is 0 Å². The molecule has 4 rings (SSSR count). The zero-order valence-electron chi connectivity index (χ0n) is 14.1. The van der Waals surface area contributed by atoms with E-state index in [0.29, 0.717) is 43.2 Å². The van der Waals surface area contributed by atoms with Crippen LogP contribution < -0.4 is 0 Å². The summed E-state index contributed by atoms with van der Waals surface area (Å²) in [5.74, 6) is 0.950. The summed E-state index contributed by atoms with van der Waals surface area (Å²) in [6.45, 7) is 4.90. The summed E-state index contributed by atoms with van der Waals surface area (Å²) in [5.41, 5.74) is 0. The van der Waals surface area contributed by atoms with Gasteiger partial charge in [0.05, 0.1) is 31.9 Å². The van der Waals surface area contributed by atoms with Crippen molar-refractivity contribution in [1.82, 2.24) is 9.80 Å². The highest BCUT2D eigenvalue weighted by Gasteiger charge is 2.39. The number of hydrogen-bond donors (Lipinski definition) is 0. The molecule has 5 heteroatoms. The fourth-order valence-electron chi connectivity index (χ4n) is 4.51. The number of amides is 1. The number of rotatable bonds is 5. The van der Waals surface area contributed by atoms with E-state index in [-0.39, 0.29) is 0 Å². The Morgan fingerprint density at radius 2 is 1.96 bits per heavy atom. The van der Waals surface area contributed by atoms with Gasteiger partial charge in [-0.1, -0.05) is 12.8 Å². The van der Waals surface area contributed by atoms with Crippen molar-refractivity contribution in [2.75, 3.05) is 39.5 Å². The first-order valence-electron chi connectivity index (χ1n) is 9.54. The summed E-state index contributed by atoms with van der Waals surface area (Å²) in [5, 5.41) is 0. The maximum Gasteiger partial charge on any atom is 0.237 e. The number of morpholine rings is 1. The fraction of sp³-hybridized carbons (Fsp3) is 0.944. The second-order valence-corrected chi connectivity index (χ2v) is 7.74. The van der Waals surface area contributed by atoms with E-state index in [2.05, 4.69) is 9.80 Å². The van der Waals surface area contributed by atoms with Crippen LogP contribution >= 0.6 is 0 Å². The smallest absolute Gasteiger partial charge is 0.237 e. The fourth-order valence-corrected chi connectivity index (χ4v) is 4.51. The van der Waals surface area contributed by atoms with E-state index in [0.717, 1.165) is 45.6 Å². The molecular formula is C18H30N2O3. The lowest BCUT2D eigenvalue weighted by Crippen LogP contribution is -2.57. The van der Waals surface area contributed by atoms with E-state index < -0.39 is 0 Å². The maximum absolute atomic E-state index is 13.0. The average Bonchev–Trinajstić information content (AvgIpc) is 3.31. The predicted octanol–water partition coefficient (Wildman–Crippen LogP) is 1.66. The molecule has 0 spiro atoms. The summed E-state index contributed by atoms with van der Waals surface area (Å²) in [7, 11) is 0. The molecule has 1 amide bonds. The van der Waals surface area contributed by atoms with Crippen molar-refractivity contribution >= 4 is 5.91 Å². The topological polar surface area (TPSA) is 42.0 Å². The summed E-state index contributed by atoms with van der Waals surface area (Å²) in [6, 6.07) is 0.976. The van der Waals surface area contributed by atoms with Gasteiger partial charge in [0.25, 0.3) is 0 Å². The number of carbonyl (C=O) groups is 1. The molecule has 4 fully saturated rings. The Morgan fingerprint density at radius 3 is 2.74 bits per heavy atom. The average molecular weight is 322 g/mol. The number of hydrogen-bond acceptors (Lipinski definition) is 4. The Kier molecular flexibility index (Phi) is 4.88. The largest absolute Gasteiger partial charge is 0.381 e. The highest BCUT2D eigenvalue weighted by molar-refractivity contribution is 5.79. The number of nitrogens with zero attached hydrogens (tertiary/aromatic N) is 2. The Labute approximate surface area is 139 Å². The molecule has 0 aromatic carbocycles. The highest BCUT2D eigenvalue weighted by Crippen LogP contribution is 2.31. The lowest BCUT2D eigenvalue weighted by molar-refractivity contribution is -0.151. The molecule has 5 nitrogen and oxygen atoms in total. The Morgan fingerprint density at radius 1 is 1.09 bits per heavy atom. The van der Waals surface area contributed by atoms with Crippen LogP contribution in [0.4, 0.5) is 0 Å². The minimum atomic E-state index is 0.291. The van der Waals surface area contributed by atoms with Crippen LogP contribution in [-0.4, -0.2) is 73.3 Å². The van der Waals surface area contributed by atoms with Crippen LogP contribution in [-0.2, 0) is 14.3 Å². The molecule has 2 heterocycles. The Bertz CT molecular complexity index is 418. The molecule has 2 aliphatic carbocycles. The van der Waals surface area contributed by atoms with Crippen molar-refractivity contribution in [3.05, 3.63) is 0 Å². The summed E-state index contributed by atoms with van der Waals surface area (Å²) >= 11 is 0. The first kappa shape index (κ1) is 15.9. The third-order valence-electron chi connectivity index (χ3n) is 5.97. The normalized spacial score (nSPS) is 34.7. The van der Waals surface area contributed by atoms with Crippen molar-refractivity contribution in [3.8, 4) is 0 Å². The van der Waals surface area contributed by atoms with Gasteiger partial charge in [0.1, 0.15) is 0 Å². The summed E-state index contributed by atoms with van der Waals surface area (Å²) in [4.78, 5) is 17.6. The van der Waals surface area contributed by atoms with Crippen LogP contribution in [0, 0.1) is 5.92 Å². The van der Waals surface area contributed by atoms with Crippen molar-refractivity contribution in [2.24, 2.45) is 5.92 Å². The Balaban J connectivity index is 1.36. The van der Waals surface area contributed by atoms with E-state index in [4.69, 9.17) is 9.47 Å². The zero-order chi connectivity index (χ0) is 15.6. The van der Waals surface area contributed by atoms with Crippen LogP contribution in [0.15, 0.2) is 0 Å². The van der Waals surface area contributed by atoms with E-state index in [1.807, 2.05) is 0 Å². The van der Waals surface area contributed by atoms with Crippen molar-refractivity contribution < 1.29 is 14.3 Å². The number of fused-ring (bicyclic) bond motifs is 1.